The van der Waals surface area contributed by atoms with Gasteiger partial charge in [0.1, 0.15) is 23.9 Å². The molecule has 0 unspecified atom stereocenters. The number of anilines is 2. The van der Waals surface area contributed by atoms with E-state index in [9.17, 15) is 19.1 Å². The third-order valence-corrected chi connectivity index (χ3v) is 5.12. The summed E-state index contributed by atoms with van der Waals surface area (Å²) in [5, 5.41) is 15.8. The molecular weight excluding hydrogens is 467 g/mol. The molecule has 36 heavy (non-hydrogen) atoms. The lowest BCUT2D eigenvalue weighted by Crippen LogP contribution is -2.35. The summed E-state index contributed by atoms with van der Waals surface area (Å²) >= 11 is 0. The average molecular weight is 497 g/mol. The fraction of sp³-hybridized carbons (Fsp3) is 0.320. The molecule has 3 rings (SSSR count). The molecule has 0 aliphatic carbocycles. The number of aliphatic carboxylic acids is 1. The van der Waals surface area contributed by atoms with Crippen LogP contribution >= 0.6 is 0 Å². The number of carbonyl (C=O) groups excluding carboxylic acids is 1. The molecule has 0 aliphatic heterocycles. The van der Waals surface area contributed by atoms with Crippen molar-refractivity contribution >= 4 is 24.0 Å². The van der Waals surface area contributed by atoms with Crippen molar-refractivity contribution < 1.29 is 23.8 Å². The molecule has 1 aromatic heterocycles. The van der Waals surface area contributed by atoms with E-state index in [1.165, 1.54) is 23.4 Å². The number of benzene rings is 2. The highest BCUT2D eigenvalue weighted by Crippen LogP contribution is 2.19. The predicted molar refractivity (Wildman–Crippen MR) is 133 cm³/mol. The monoisotopic (exact) mass is 496 g/mol. The molecule has 0 aliphatic rings. The van der Waals surface area contributed by atoms with Crippen LogP contribution in [0.4, 0.5) is 21.1 Å². The van der Waals surface area contributed by atoms with Gasteiger partial charge in [-0.05, 0) is 55.7 Å². The van der Waals surface area contributed by atoms with Crippen LogP contribution in [0.5, 0.6) is 5.75 Å². The van der Waals surface area contributed by atoms with Gasteiger partial charge in [0, 0.05) is 26.1 Å². The number of aromatic nitrogens is 3. The SMILES string of the molecule is CN(C)C(=O)Oc1ccc(C[C@H](Nc2ncnc(NC(C)(C)Cc3ccc(F)cc3)n2)C(=O)O)cc1. The number of amides is 1. The summed E-state index contributed by atoms with van der Waals surface area (Å²) in [5.41, 5.74) is 1.18. The maximum Gasteiger partial charge on any atom is 0.414 e. The number of halogens is 1. The number of carbonyl (C=O) groups is 2. The first-order valence-corrected chi connectivity index (χ1v) is 11.2. The van der Waals surface area contributed by atoms with E-state index in [-0.39, 0.29) is 24.1 Å². The fourth-order valence-electron chi connectivity index (χ4n) is 3.36. The van der Waals surface area contributed by atoms with Gasteiger partial charge in [-0.2, -0.15) is 4.98 Å². The van der Waals surface area contributed by atoms with Crippen molar-refractivity contribution in [3.8, 4) is 5.75 Å². The van der Waals surface area contributed by atoms with Crippen LogP contribution in [-0.2, 0) is 17.6 Å². The van der Waals surface area contributed by atoms with Crippen LogP contribution in [0.2, 0.25) is 0 Å². The summed E-state index contributed by atoms with van der Waals surface area (Å²) in [5.74, 6) is -0.641. The molecule has 190 valence electrons. The van der Waals surface area contributed by atoms with Crippen LogP contribution < -0.4 is 15.4 Å². The Morgan fingerprint density at radius 2 is 1.64 bits per heavy atom. The Labute approximate surface area is 208 Å². The molecule has 0 radical (unpaired) electrons. The molecule has 10 nitrogen and oxygen atoms in total. The number of nitrogens with one attached hydrogen (secondary N) is 2. The van der Waals surface area contributed by atoms with E-state index in [2.05, 4.69) is 25.6 Å². The molecule has 1 heterocycles. The number of carboxylic acid groups (broad SMARTS) is 1. The number of carboxylic acids is 1. The molecule has 3 aromatic rings. The summed E-state index contributed by atoms with van der Waals surface area (Å²) < 4.78 is 18.4. The van der Waals surface area contributed by atoms with Crippen LogP contribution in [0.25, 0.3) is 0 Å². The first-order valence-electron chi connectivity index (χ1n) is 11.2. The maximum atomic E-state index is 13.2. The van der Waals surface area contributed by atoms with Crippen LogP contribution in [0.15, 0.2) is 54.9 Å². The fourth-order valence-corrected chi connectivity index (χ4v) is 3.36. The zero-order valence-electron chi connectivity index (χ0n) is 20.5. The quantitative estimate of drug-likeness (QED) is 0.385. The number of hydrogen-bond acceptors (Lipinski definition) is 8. The standard InChI is InChI=1S/C25H29FN6O4/c1-25(2,14-17-5-9-18(26)10-6-17)31-23-28-15-27-22(30-23)29-20(21(33)34)13-16-7-11-19(12-8-16)36-24(35)32(3)4/h5-12,15,20H,13-14H2,1-4H3,(H,33,34)(H2,27,28,29,30,31)/t20-/m0/s1. The molecular formula is C25H29FN6O4. The van der Waals surface area contributed by atoms with Crippen molar-refractivity contribution in [3.63, 3.8) is 0 Å². The zero-order chi connectivity index (χ0) is 26.3. The van der Waals surface area contributed by atoms with E-state index < -0.39 is 23.6 Å². The Bertz CT molecular complexity index is 1190. The lowest BCUT2D eigenvalue weighted by Gasteiger charge is -2.26. The van der Waals surface area contributed by atoms with Crippen molar-refractivity contribution in [1.29, 1.82) is 0 Å². The van der Waals surface area contributed by atoms with Gasteiger partial charge in [0.2, 0.25) is 11.9 Å². The minimum atomic E-state index is -1.08. The van der Waals surface area contributed by atoms with E-state index in [0.717, 1.165) is 5.56 Å². The van der Waals surface area contributed by atoms with Gasteiger partial charge >= 0.3 is 12.1 Å². The van der Waals surface area contributed by atoms with E-state index in [0.29, 0.717) is 17.7 Å². The number of rotatable bonds is 10. The highest BCUT2D eigenvalue weighted by molar-refractivity contribution is 5.77. The first kappa shape index (κ1) is 26.3. The van der Waals surface area contributed by atoms with Crippen LogP contribution in [0.3, 0.4) is 0 Å². The number of hydrogen-bond donors (Lipinski definition) is 3. The van der Waals surface area contributed by atoms with Gasteiger partial charge in [-0.1, -0.05) is 24.3 Å². The van der Waals surface area contributed by atoms with Crippen molar-refractivity contribution in [1.82, 2.24) is 19.9 Å². The van der Waals surface area contributed by atoms with Crippen LogP contribution in [-0.4, -0.2) is 62.7 Å². The van der Waals surface area contributed by atoms with E-state index in [1.54, 1.807) is 50.5 Å². The normalized spacial score (nSPS) is 11.9. The Morgan fingerprint density at radius 3 is 2.25 bits per heavy atom. The second-order valence-corrected chi connectivity index (χ2v) is 9.09. The summed E-state index contributed by atoms with van der Waals surface area (Å²) in [6.45, 7) is 3.90. The molecule has 3 N–H and O–H groups in total. The van der Waals surface area contributed by atoms with Crippen molar-refractivity contribution in [2.24, 2.45) is 0 Å². The van der Waals surface area contributed by atoms with Crippen LogP contribution in [0, 0.1) is 5.82 Å². The lowest BCUT2D eigenvalue weighted by molar-refractivity contribution is -0.137. The summed E-state index contributed by atoms with van der Waals surface area (Å²) in [4.78, 5) is 37.4. The minimum Gasteiger partial charge on any atom is -0.480 e. The molecule has 0 saturated carbocycles. The number of nitrogens with zero attached hydrogens (tertiary/aromatic N) is 4. The van der Waals surface area contributed by atoms with Gasteiger partial charge < -0.3 is 25.4 Å². The van der Waals surface area contributed by atoms with Crippen molar-refractivity contribution in [3.05, 3.63) is 71.8 Å². The van der Waals surface area contributed by atoms with E-state index in [1.807, 2.05) is 13.8 Å². The Balaban J connectivity index is 1.64. The molecule has 0 bridgehead atoms. The van der Waals surface area contributed by atoms with Gasteiger partial charge in [0.15, 0.2) is 0 Å². The smallest absolute Gasteiger partial charge is 0.414 e. The predicted octanol–water partition coefficient (Wildman–Crippen LogP) is 3.61. The molecule has 1 amide bonds. The number of ether oxygens (including phenoxy) is 1. The summed E-state index contributed by atoms with van der Waals surface area (Å²) in [6.07, 6.45) is 1.51. The minimum absolute atomic E-state index is 0.106. The average Bonchev–Trinajstić information content (AvgIpc) is 2.81. The van der Waals surface area contributed by atoms with Gasteiger partial charge in [0.25, 0.3) is 0 Å². The summed E-state index contributed by atoms with van der Waals surface area (Å²) in [6, 6.07) is 11.8. The molecule has 11 heteroatoms. The molecule has 2 aromatic carbocycles. The van der Waals surface area contributed by atoms with Crippen LogP contribution in [0.1, 0.15) is 25.0 Å². The van der Waals surface area contributed by atoms with Gasteiger partial charge in [-0.25, -0.2) is 23.9 Å². The second kappa shape index (κ2) is 11.4. The molecule has 0 fully saturated rings. The van der Waals surface area contributed by atoms with Crippen molar-refractivity contribution in [2.45, 2.75) is 38.3 Å². The van der Waals surface area contributed by atoms with Gasteiger partial charge in [0.05, 0.1) is 0 Å². The molecule has 0 spiro atoms. The highest BCUT2D eigenvalue weighted by atomic mass is 19.1. The maximum absolute atomic E-state index is 13.2. The topological polar surface area (TPSA) is 130 Å². The molecule has 1 atom stereocenters. The summed E-state index contributed by atoms with van der Waals surface area (Å²) in [7, 11) is 3.16. The first-order chi connectivity index (χ1) is 17.0. The van der Waals surface area contributed by atoms with E-state index >= 15 is 0 Å². The van der Waals surface area contributed by atoms with E-state index in [4.69, 9.17) is 4.74 Å². The Morgan fingerprint density at radius 1 is 1.03 bits per heavy atom. The highest BCUT2D eigenvalue weighted by Gasteiger charge is 2.22. The largest absolute Gasteiger partial charge is 0.480 e. The third kappa shape index (κ3) is 7.90. The Hall–Kier alpha value is -4.28. The lowest BCUT2D eigenvalue weighted by atomic mass is 9.95. The second-order valence-electron chi connectivity index (χ2n) is 9.09. The third-order valence-electron chi connectivity index (χ3n) is 5.12. The molecule has 0 saturated heterocycles. The van der Waals surface area contributed by atoms with Crippen molar-refractivity contribution in [2.75, 3.05) is 24.7 Å². The zero-order valence-corrected chi connectivity index (χ0v) is 20.5. The van der Waals surface area contributed by atoms with Gasteiger partial charge in [-0.3, -0.25) is 0 Å². The van der Waals surface area contributed by atoms with Gasteiger partial charge in [-0.15, -0.1) is 0 Å². The Kier molecular flexibility index (Phi) is 8.36.